The molecule has 2 aromatic rings. The molecule has 1 aromatic heterocycles. The first kappa shape index (κ1) is 23.6. The van der Waals surface area contributed by atoms with E-state index >= 15 is 0 Å². The van der Waals surface area contributed by atoms with Gasteiger partial charge in [-0.3, -0.25) is 0 Å². The van der Waals surface area contributed by atoms with Crippen LogP contribution >= 0.6 is 0 Å². The monoisotopic (exact) mass is 488 g/mol. The minimum atomic E-state index is -3.27. The molecule has 3 heterocycles. The number of piperidine rings is 1. The lowest BCUT2D eigenvalue weighted by Gasteiger charge is -2.31. The van der Waals surface area contributed by atoms with Gasteiger partial charge in [-0.15, -0.1) is 0 Å². The topological polar surface area (TPSA) is 102 Å². The third-order valence-electron chi connectivity index (χ3n) is 5.86. The molecule has 33 heavy (non-hydrogen) atoms. The van der Waals surface area contributed by atoms with Gasteiger partial charge in [0.15, 0.2) is 9.84 Å². The summed E-state index contributed by atoms with van der Waals surface area (Å²) in [5, 5.41) is 2.35. The number of aryl methyl sites for hydroxylation is 2. The second-order valence-corrected chi connectivity index (χ2v) is 11.6. The van der Waals surface area contributed by atoms with Gasteiger partial charge in [-0.2, -0.15) is 0 Å². The van der Waals surface area contributed by atoms with Gasteiger partial charge in [-0.05, 0) is 55.5 Å². The standard InChI is InChI=1S/C23H28N4O4S2/c1-4-17-12-24-23(25-13-17)27-9-7-18(8-10-27)22-26-19(15-32(22)28)14-31-20-5-6-21(16(2)11-20)33(3,29)30/h5-6,11-13,15,18H,4,7-10,14H2,1-3H3. The van der Waals surface area contributed by atoms with E-state index in [1.54, 1.807) is 30.5 Å². The predicted octanol–water partition coefficient (Wildman–Crippen LogP) is 3.05. The van der Waals surface area contributed by atoms with Crippen LogP contribution in [0.3, 0.4) is 0 Å². The maximum absolute atomic E-state index is 12.7. The summed E-state index contributed by atoms with van der Waals surface area (Å²) < 4.78 is 42.0. The van der Waals surface area contributed by atoms with Crippen molar-refractivity contribution in [2.24, 2.45) is 10.9 Å². The molecule has 0 aliphatic carbocycles. The molecule has 4 rings (SSSR count). The number of nitrogens with zero attached hydrogens (tertiary/aromatic N) is 4. The molecule has 8 nitrogen and oxygen atoms in total. The minimum absolute atomic E-state index is 0.155. The Labute approximate surface area is 197 Å². The molecular formula is C23H28N4O4S2. The number of aliphatic imine (C=N–C) groups is 1. The zero-order valence-electron chi connectivity index (χ0n) is 19.0. The molecule has 0 radical (unpaired) electrons. The fraction of sp³-hybridized carbons (Fsp3) is 0.435. The van der Waals surface area contributed by atoms with E-state index in [1.807, 2.05) is 12.4 Å². The largest absolute Gasteiger partial charge is 0.487 e. The number of hydrogen-bond donors (Lipinski definition) is 0. The summed E-state index contributed by atoms with van der Waals surface area (Å²) in [6, 6.07) is 4.87. The van der Waals surface area contributed by atoms with Crippen molar-refractivity contribution in [1.29, 1.82) is 0 Å². The Bertz CT molecular complexity index is 1220. The van der Waals surface area contributed by atoms with E-state index < -0.39 is 20.6 Å². The summed E-state index contributed by atoms with van der Waals surface area (Å²) in [6.07, 6.45) is 7.53. The average molecular weight is 489 g/mol. The summed E-state index contributed by atoms with van der Waals surface area (Å²) in [7, 11) is -4.52. The second-order valence-electron chi connectivity index (χ2n) is 8.35. The number of aromatic nitrogens is 2. The maximum atomic E-state index is 12.7. The van der Waals surface area contributed by atoms with Gasteiger partial charge in [0.05, 0.1) is 21.4 Å². The molecular weight excluding hydrogens is 460 g/mol. The lowest BCUT2D eigenvalue weighted by atomic mass is 9.98. The smallest absolute Gasteiger partial charge is 0.225 e. The van der Waals surface area contributed by atoms with Crippen LogP contribution in [0.4, 0.5) is 5.95 Å². The van der Waals surface area contributed by atoms with Crippen LogP contribution in [0.1, 0.15) is 30.9 Å². The van der Waals surface area contributed by atoms with Crippen LogP contribution in [0.2, 0.25) is 0 Å². The van der Waals surface area contributed by atoms with Crippen LogP contribution in [-0.2, 0) is 27.1 Å². The number of benzene rings is 1. The lowest BCUT2D eigenvalue weighted by Crippen LogP contribution is -2.37. The Morgan fingerprint density at radius 3 is 2.48 bits per heavy atom. The summed E-state index contributed by atoms with van der Waals surface area (Å²) in [4.78, 5) is 16.0. The van der Waals surface area contributed by atoms with Crippen molar-refractivity contribution in [3.63, 3.8) is 0 Å². The average Bonchev–Trinajstić information content (AvgIpc) is 3.17. The molecule has 0 spiro atoms. The first-order chi connectivity index (χ1) is 15.7. The Morgan fingerprint density at radius 1 is 1.18 bits per heavy atom. The van der Waals surface area contributed by atoms with Crippen LogP contribution in [0.5, 0.6) is 5.75 Å². The van der Waals surface area contributed by atoms with Crippen molar-refractivity contribution in [1.82, 2.24) is 9.97 Å². The summed E-state index contributed by atoms with van der Waals surface area (Å²) in [5.74, 6) is 1.45. The molecule has 176 valence electrons. The zero-order valence-corrected chi connectivity index (χ0v) is 20.7. The second kappa shape index (κ2) is 9.72. The van der Waals surface area contributed by atoms with E-state index in [2.05, 4.69) is 26.8 Å². The minimum Gasteiger partial charge on any atom is -0.487 e. The number of hydrogen-bond acceptors (Lipinski definition) is 8. The van der Waals surface area contributed by atoms with E-state index in [4.69, 9.17) is 4.74 Å². The third-order valence-corrected chi connectivity index (χ3v) is 8.44. The maximum Gasteiger partial charge on any atom is 0.225 e. The molecule has 10 heteroatoms. The van der Waals surface area contributed by atoms with Crippen LogP contribution in [0, 0.1) is 12.8 Å². The van der Waals surface area contributed by atoms with Gasteiger partial charge >= 0.3 is 0 Å². The molecule has 2 aliphatic rings. The fourth-order valence-corrected chi connectivity index (χ4v) is 6.24. The molecule has 1 unspecified atom stereocenters. The van der Waals surface area contributed by atoms with Crippen LogP contribution < -0.4 is 9.64 Å². The summed E-state index contributed by atoms with van der Waals surface area (Å²) >= 11 is 0. The SMILES string of the molecule is CCc1cnc(N2CCC(C3=NC(COc4ccc(S(C)(=O)=O)c(C)c4)=CS3=O)CC2)nc1. The van der Waals surface area contributed by atoms with E-state index in [0.29, 0.717) is 22.1 Å². The van der Waals surface area contributed by atoms with Crippen molar-refractivity contribution < 1.29 is 17.4 Å². The van der Waals surface area contributed by atoms with E-state index in [-0.39, 0.29) is 17.4 Å². The molecule has 0 N–H and O–H groups in total. The van der Waals surface area contributed by atoms with Gasteiger partial charge in [-0.1, -0.05) is 6.92 Å². The zero-order chi connectivity index (χ0) is 23.6. The highest BCUT2D eigenvalue weighted by molar-refractivity contribution is 8.03. The van der Waals surface area contributed by atoms with Crippen molar-refractivity contribution in [3.8, 4) is 5.75 Å². The Kier molecular flexibility index (Phi) is 6.94. The third kappa shape index (κ3) is 5.50. The van der Waals surface area contributed by atoms with E-state index in [9.17, 15) is 12.6 Å². The van der Waals surface area contributed by atoms with Gasteiger partial charge in [0.25, 0.3) is 0 Å². The molecule has 1 atom stereocenters. The number of rotatable bonds is 7. The van der Waals surface area contributed by atoms with Crippen molar-refractivity contribution >= 4 is 31.6 Å². The molecule has 1 aromatic carbocycles. The summed E-state index contributed by atoms with van der Waals surface area (Å²) in [6.45, 7) is 5.59. The van der Waals surface area contributed by atoms with Gasteiger partial charge in [0, 0.05) is 43.1 Å². The number of anilines is 1. The lowest BCUT2D eigenvalue weighted by molar-refractivity contribution is 0.350. The van der Waals surface area contributed by atoms with Crippen LogP contribution in [0.25, 0.3) is 0 Å². The van der Waals surface area contributed by atoms with Crippen molar-refractivity contribution in [3.05, 3.63) is 52.8 Å². The highest BCUT2D eigenvalue weighted by Gasteiger charge is 2.30. The molecule has 1 fully saturated rings. The van der Waals surface area contributed by atoms with E-state index in [1.165, 1.54) is 6.26 Å². The quantitative estimate of drug-likeness (QED) is 0.590. The number of ether oxygens (including phenoxy) is 1. The Hall–Kier alpha value is -2.59. The van der Waals surface area contributed by atoms with E-state index in [0.717, 1.165) is 43.9 Å². The molecule has 1 saturated heterocycles. The van der Waals surface area contributed by atoms with Gasteiger partial charge < -0.3 is 9.64 Å². The van der Waals surface area contributed by atoms with Crippen molar-refractivity contribution in [2.45, 2.75) is 38.0 Å². The predicted molar refractivity (Wildman–Crippen MR) is 130 cm³/mol. The summed E-state index contributed by atoms with van der Waals surface area (Å²) in [5.41, 5.74) is 2.38. The Balaban J connectivity index is 1.34. The molecule has 2 aliphatic heterocycles. The van der Waals surface area contributed by atoms with Crippen molar-refractivity contribution in [2.75, 3.05) is 30.9 Å². The first-order valence-corrected chi connectivity index (χ1v) is 14.0. The molecule has 0 saturated carbocycles. The van der Waals surface area contributed by atoms with Crippen LogP contribution in [-0.4, -0.2) is 53.6 Å². The highest BCUT2D eigenvalue weighted by Crippen LogP contribution is 2.28. The van der Waals surface area contributed by atoms with Crippen LogP contribution in [0.15, 0.2) is 51.6 Å². The molecule has 0 bridgehead atoms. The number of sulfone groups is 1. The Morgan fingerprint density at radius 2 is 1.88 bits per heavy atom. The van der Waals surface area contributed by atoms with Gasteiger partial charge in [0.2, 0.25) is 5.95 Å². The van der Waals surface area contributed by atoms with Gasteiger partial charge in [-0.25, -0.2) is 27.6 Å². The first-order valence-electron chi connectivity index (χ1n) is 10.9. The highest BCUT2D eigenvalue weighted by atomic mass is 32.2. The fourth-order valence-electron chi connectivity index (χ4n) is 4.02. The van der Waals surface area contributed by atoms with Gasteiger partial charge in [0.1, 0.15) is 17.4 Å². The molecule has 0 amide bonds. The normalized spacial score (nSPS) is 19.4.